The van der Waals surface area contributed by atoms with Gasteiger partial charge < -0.3 is 0 Å². The van der Waals surface area contributed by atoms with Crippen LogP contribution in [0.15, 0.2) is 41.3 Å². The second-order valence-electron chi connectivity index (χ2n) is 3.44. The van der Waals surface area contributed by atoms with Gasteiger partial charge in [0.05, 0.1) is 5.52 Å². The average Bonchev–Trinajstić information content (AvgIpc) is 2.28. The number of pyridine rings is 1. The summed E-state index contributed by atoms with van der Waals surface area (Å²) in [6.45, 7) is 0. The van der Waals surface area contributed by atoms with Crippen molar-refractivity contribution in [3.8, 4) is 0 Å². The Morgan fingerprint density at radius 1 is 1.06 bits per heavy atom. The number of benzene rings is 1. The molecule has 1 aromatic carbocycles. The maximum Gasteiger partial charge on any atom is 0.517 e. The summed E-state index contributed by atoms with van der Waals surface area (Å²) in [6.07, 6.45) is 0.605. The van der Waals surface area contributed by atoms with Crippen LogP contribution >= 0.6 is 0 Å². The summed E-state index contributed by atoms with van der Waals surface area (Å²) in [6, 6.07) is 5.98. The molecule has 1 heterocycles. The van der Waals surface area contributed by atoms with Gasteiger partial charge in [0.1, 0.15) is 0 Å². The van der Waals surface area contributed by atoms with Gasteiger partial charge in [-0.2, -0.15) is 21.6 Å². The van der Waals surface area contributed by atoms with E-state index in [9.17, 15) is 26.4 Å². The molecule has 0 unspecified atom stereocenters. The van der Waals surface area contributed by atoms with Crippen molar-refractivity contribution in [1.82, 2.24) is 3.97 Å². The van der Waals surface area contributed by atoms with E-state index in [1.165, 1.54) is 18.2 Å². The lowest BCUT2D eigenvalue weighted by Gasteiger charge is -2.13. The molecule has 0 amide bonds. The Labute approximate surface area is 99.3 Å². The number of alkyl halides is 3. The van der Waals surface area contributed by atoms with Crippen molar-refractivity contribution in [2.75, 3.05) is 0 Å². The molecular formula is C10H6F3NO3S. The Kier molecular flexibility index (Phi) is 2.69. The lowest BCUT2D eigenvalue weighted by molar-refractivity contribution is -0.0445. The topological polar surface area (TPSA) is 56.1 Å². The Bertz CT molecular complexity index is 762. The third-order valence-electron chi connectivity index (χ3n) is 2.32. The number of para-hydroxylation sites is 1. The van der Waals surface area contributed by atoms with E-state index in [0.29, 0.717) is 6.20 Å². The fraction of sp³-hybridized carbons (Fsp3) is 0.100. The van der Waals surface area contributed by atoms with Gasteiger partial charge in [0.15, 0.2) is 5.43 Å². The van der Waals surface area contributed by atoms with Crippen molar-refractivity contribution < 1.29 is 21.6 Å². The Morgan fingerprint density at radius 2 is 1.67 bits per heavy atom. The fourth-order valence-corrected chi connectivity index (χ4v) is 2.36. The predicted octanol–water partition coefficient (Wildman–Crippen LogP) is 1.70. The van der Waals surface area contributed by atoms with Gasteiger partial charge in [0, 0.05) is 17.6 Å². The van der Waals surface area contributed by atoms with E-state index in [1.54, 1.807) is 0 Å². The molecule has 0 aliphatic heterocycles. The summed E-state index contributed by atoms with van der Waals surface area (Å²) in [4.78, 5) is 11.4. The summed E-state index contributed by atoms with van der Waals surface area (Å²) in [7, 11) is -5.54. The van der Waals surface area contributed by atoms with Gasteiger partial charge >= 0.3 is 15.5 Å². The first-order valence-electron chi connectivity index (χ1n) is 4.67. The molecule has 0 aliphatic carbocycles. The zero-order chi connectivity index (χ0) is 13.6. The maximum atomic E-state index is 12.5. The molecule has 0 spiro atoms. The number of halogens is 3. The SMILES string of the molecule is O=c1ccn(S(=O)(=O)C(F)(F)F)c2ccccc12. The fourth-order valence-electron chi connectivity index (χ4n) is 1.50. The van der Waals surface area contributed by atoms with Gasteiger partial charge in [-0.3, -0.25) is 4.79 Å². The van der Waals surface area contributed by atoms with E-state index in [1.807, 2.05) is 0 Å². The molecule has 0 saturated carbocycles. The first-order valence-corrected chi connectivity index (χ1v) is 6.11. The summed E-state index contributed by atoms with van der Waals surface area (Å²) in [5.41, 5.74) is -6.27. The van der Waals surface area contributed by atoms with E-state index in [2.05, 4.69) is 0 Å². The van der Waals surface area contributed by atoms with Crippen LogP contribution in [0.2, 0.25) is 0 Å². The van der Waals surface area contributed by atoms with E-state index < -0.39 is 21.0 Å². The van der Waals surface area contributed by atoms with Crippen LogP contribution in [0.25, 0.3) is 10.9 Å². The highest BCUT2D eigenvalue weighted by Gasteiger charge is 2.47. The van der Waals surface area contributed by atoms with Crippen molar-refractivity contribution in [3.63, 3.8) is 0 Å². The van der Waals surface area contributed by atoms with E-state index >= 15 is 0 Å². The van der Waals surface area contributed by atoms with Gasteiger partial charge in [-0.05, 0) is 12.1 Å². The van der Waals surface area contributed by atoms with Crippen molar-refractivity contribution in [2.45, 2.75) is 5.51 Å². The van der Waals surface area contributed by atoms with E-state index in [-0.39, 0.29) is 14.9 Å². The van der Waals surface area contributed by atoms with Crippen LogP contribution in [0.5, 0.6) is 0 Å². The molecule has 0 N–H and O–H groups in total. The van der Waals surface area contributed by atoms with Gasteiger partial charge in [0.2, 0.25) is 0 Å². The average molecular weight is 277 g/mol. The zero-order valence-corrected chi connectivity index (χ0v) is 9.49. The van der Waals surface area contributed by atoms with Crippen LogP contribution in [0, 0.1) is 0 Å². The van der Waals surface area contributed by atoms with Crippen LogP contribution in [0.4, 0.5) is 13.2 Å². The van der Waals surface area contributed by atoms with Crippen molar-refractivity contribution >= 4 is 20.9 Å². The summed E-state index contributed by atoms with van der Waals surface area (Å²) in [5, 5.41) is -0.0900. The zero-order valence-electron chi connectivity index (χ0n) is 8.68. The first kappa shape index (κ1) is 12.6. The molecule has 0 aliphatic rings. The number of aromatic nitrogens is 1. The summed E-state index contributed by atoms with van der Waals surface area (Å²) >= 11 is 0. The molecule has 2 aromatic rings. The lowest BCUT2D eigenvalue weighted by atomic mass is 10.2. The highest BCUT2D eigenvalue weighted by atomic mass is 32.2. The summed E-state index contributed by atoms with van der Waals surface area (Å²) < 4.78 is 60.1. The predicted molar refractivity (Wildman–Crippen MR) is 58.6 cm³/mol. The molecule has 18 heavy (non-hydrogen) atoms. The van der Waals surface area contributed by atoms with Crippen LogP contribution in [0.3, 0.4) is 0 Å². The minimum absolute atomic E-state index is 0.0593. The number of nitrogens with zero attached hydrogens (tertiary/aromatic N) is 1. The molecule has 0 fully saturated rings. The number of fused-ring (bicyclic) bond motifs is 1. The molecule has 4 nitrogen and oxygen atoms in total. The maximum absolute atomic E-state index is 12.5. The van der Waals surface area contributed by atoms with Crippen LogP contribution in [-0.2, 0) is 10.0 Å². The van der Waals surface area contributed by atoms with E-state index in [4.69, 9.17) is 0 Å². The normalized spacial score (nSPS) is 12.8. The minimum atomic E-state index is -5.54. The van der Waals surface area contributed by atoms with Crippen molar-refractivity contribution in [1.29, 1.82) is 0 Å². The van der Waals surface area contributed by atoms with Gasteiger partial charge in [-0.25, -0.2) is 3.97 Å². The molecule has 8 heteroatoms. The highest BCUT2D eigenvalue weighted by Crippen LogP contribution is 2.27. The third-order valence-corrected chi connectivity index (χ3v) is 3.74. The molecule has 2 rings (SSSR count). The molecular weight excluding hydrogens is 271 g/mol. The monoisotopic (exact) mass is 277 g/mol. The van der Waals surface area contributed by atoms with Gasteiger partial charge in [0.25, 0.3) is 0 Å². The van der Waals surface area contributed by atoms with E-state index in [0.717, 1.165) is 12.1 Å². The standard InChI is InChI=1S/C10H6F3NO3S/c11-10(12,13)18(16,17)14-6-5-9(15)7-3-1-2-4-8(7)14/h1-6H. The van der Waals surface area contributed by atoms with Crippen molar-refractivity contribution in [3.05, 3.63) is 46.8 Å². The second kappa shape index (κ2) is 3.84. The molecule has 0 saturated heterocycles. The smallest absolute Gasteiger partial charge is 0.289 e. The lowest BCUT2D eigenvalue weighted by Crippen LogP contribution is -2.30. The summed E-state index contributed by atoms with van der Waals surface area (Å²) in [5.74, 6) is 0. The van der Waals surface area contributed by atoms with Gasteiger partial charge in [-0.15, -0.1) is 0 Å². The first-order chi connectivity index (χ1) is 8.25. The van der Waals surface area contributed by atoms with Gasteiger partial charge in [-0.1, -0.05) is 12.1 Å². The Morgan fingerprint density at radius 3 is 2.28 bits per heavy atom. The molecule has 1 aromatic heterocycles. The molecule has 0 radical (unpaired) electrons. The molecule has 0 atom stereocenters. The number of hydrogen-bond donors (Lipinski definition) is 0. The van der Waals surface area contributed by atoms with Crippen LogP contribution in [-0.4, -0.2) is 17.9 Å². The number of rotatable bonds is 1. The van der Waals surface area contributed by atoms with Crippen LogP contribution in [0.1, 0.15) is 0 Å². The third kappa shape index (κ3) is 1.78. The van der Waals surface area contributed by atoms with Crippen LogP contribution < -0.4 is 5.43 Å². The quantitative estimate of drug-likeness (QED) is 0.797. The Hall–Kier alpha value is -1.83. The number of hydrogen-bond acceptors (Lipinski definition) is 3. The Balaban J connectivity index is 2.91. The highest BCUT2D eigenvalue weighted by molar-refractivity contribution is 7.90. The largest absolute Gasteiger partial charge is 0.517 e. The van der Waals surface area contributed by atoms with Crippen molar-refractivity contribution in [2.24, 2.45) is 0 Å². The second-order valence-corrected chi connectivity index (χ2v) is 5.25. The molecule has 0 bridgehead atoms. The molecule has 96 valence electrons. The minimum Gasteiger partial charge on any atom is -0.289 e.